The van der Waals surface area contributed by atoms with Crippen LogP contribution in [-0.2, 0) is 6.42 Å². The van der Waals surface area contributed by atoms with Gasteiger partial charge in [0.2, 0.25) is 0 Å². The first-order valence-corrected chi connectivity index (χ1v) is 5.85. The van der Waals surface area contributed by atoms with E-state index in [-0.39, 0.29) is 0 Å². The SMILES string of the molecule is CN(C=CCc1ccccc1)c1ccccc1. The molecule has 0 aromatic heterocycles. The molecule has 86 valence electrons. The van der Waals surface area contributed by atoms with E-state index in [2.05, 4.69) is 72.8 Å². The molecule has 0 aliphatic heterocycles. The van der Waals surface area contributed by atoms with Gasteiger partial charge in [0.05, 0.1) is 0 Å². The zero-order chi connectivity index (χ0) is 11.9. The van der Waals surface area contributed by atoms with Crippen LogP contribution < -0.4 is 4.90 Å². The minimum Gasteiger partial charge on any atom is -0.351 e. The molecule has 1 nitrogen and oxygen atoms in total. The number of para-hydroxylation sites is 1. The fraction of sp³-hybridized carbons (Fsp3) is 0.125. The fourth-order valence-electron chi connectivity index (χ4n) is 1.71. The Hall–Kier alpha value is -2.02. The molecule has 0 aliphatic rings. The average molecular weight is 223 g/mol. The number of hydrogen-bond donors (Lipinski definition) is 0. The van der Waals surface area contributed by atoms with Crippen LogP contribution in [0, 0.1) is 0 Å². The van der Waals surface area contributed by atoms with E-state index >= 15 is 0 Å². The Bertz CT molecular complexity index is 459. The lowest BCUT2D eigenvalue weighted by Gasteiger charge is -2.13. The first-order valence-electron chi connectivity index (χ1n) is 5.85. The first-order chi connectivity index (χ1) is 8.36. The number of rotatable bonds is 4. The Labute approximate surface area is 103 Å². The molecular formula is C16H17N. The second-order valence-corrected chi connectivity index (χ2v) is 4.02. The van der Waals surface area contributed by atoms with E-state index < -0.39 is 0 Å². The maximum absolute atomic E-state index is 2.18. The summed E-state index contributed by atoms with van der Waals surface area (Å²) in [6.07, 6.45) is 5.27. The minimum absolute atomic E-state index is 0.970. The van der Waals surface area contributed by atoms with Gasteiger partial charge in [-0.15, -0.1) is 0 Å². The Kier molecular flexibility index (Phi) is 3.98. The average Bonchev–Trinajstić information content (AvgIpc) is 2.41. The van der Waals surface area contributed by atoms with E-state index in [1.165, 1.54) is 11.3 Å². The highest BCUT2D eigenvalue weighted by Crippen LogP contribution is 2.11. The van der Waals surface area contributed by atoms with Gasteiger partial charge in [0.25, 0.3) is 0 Å². The summed E-state index contributed by atoms with van der Waals surface area (Å²) in [5.74, 6) is 0. The van der Waals surface area contributed by atoms with Gasteiger partial charge in [-0.05, 0) is 24.1 Å². The van der Waals surface area contributed by atoms with Gasteiger partial charge in [-0.2, -0.15) is 0 Å². The molecule has 1 heteroatoms. The second-order valence-electron chi connectivity index (χ2n) is 4.02. The van der Waals surface area contributed by atoms with Crippen molar-refractivity contribution in [2.45, 2.75) is 6.42 Å². The predicted octanol–water partition coefficient (Wildman–Crippen LogP) is 3.88. The van der Waals surface area contributed by atoms with Crippen LogP contribution in [0.4, 0.5) is 5.69 Å². The molecule has 0 radical (unpaired) electrons. The van der Waals surface area contributed by atoms with Crippen molar-refractivity contribution in [3.05, 3.63) is 78.5 Å². The number of allylic oxidation sites excluding steroid dienone is 1. The van der Waals surface area contributed by atoms with Crippen molar-refractivity contribution < 1.29 is 0 Å². The summed E-state index contributed by atoms with van der Waals surface area (Å²) < 4.78 is 0. The minimum atomic E-state index is 0.970. The quantitative estimate of drug-likeness (QED) is 0.760. The standard InChI is InChI=1S/C16H17N/c1-17(16-12-6-3-7-13-16)14-8-11-15-9-4-2-5-10-15/h2-10,12-14H,11H2,1H3. The molecule has 0 saturated heterocycles. The summed E-state index contributed by atoms with van der Waals surface area (Å²) in [4.78, 5) is 2.13. The van der Waals surface area contributed by atoms with Gasteiger partial charge >= 0.3 is 0 Å². The molecule has 0 N–H and O–H groups in total. The Morgan fingerprint density at radius 2 is 1.47 bits per heavy atom. The van der Waals surface area contributed by atoms with E-state index in [4.69, 9.17) is 0 Å². The van der Waals surface area contributed by atoms with Crippen molar-refractivity contribution in [3.63, 3.8) is 0 Å². The number of hydrogen-bond acceptors (Lipinski definition) is 1. The summed E-state index contributed by atoms with van der Waals surface area (Å²) >= 11 is 0. The highest BCUT2D eigenvalue weighted by molar-refractivity contribution is 5.47. The van der Waals surface area contributed by atoms with Gasteiger partial charge in [-0.1, -0.05) is 54.6 Å². The van der Waals surface area contributed by atoms with Crippen molar-refractivity contribution in [3.8, 4) is 0 Å². The van der Waals surface area contributed by atoms with Gasteiger partial charge in [-0.3, -0.25) is 0 Å². The molecule has 0 bridgehead atoms. The topological polar surface area (TPSA) is 3.24 Å². The highest BCUT2D eigenvalue weighted by atomic mass is 15.1. The van der Waals surface area contributed by atoms with Gasteiger partial charge in [0.1, 0.15) is 0 Å². The van der Waals surface area contributed by atoms with Crippen molar-refractivity contribution in [1.29, 1.82) is 0 Å². The van der Waals surface area contributed by atoms with Crippen LogP contribution in [0.15, 0.2) is 72.9 Å². The van der Waals surface area contributed by atoms with Crippen molar-refractivity contribution >= 4 is 5.69 Å². The van der Waals surface area contributed by atoms with Gasteiger partial charge in [0.15, 0.2) is 0 Å². The largest absolute Gasteiger partial charge is 0.351 e. The lowest BCUT2D eigenvalue weighted by atomic mass is 10.1. The lowest BCUT2D eigenvalue weighted by Crippen LogP contribution is -2.07. The monoisotopic (exact) mass is 223 g/mol. The molecule has 0 spiro atoms. The van der Waals surface area contributed by atoms with Gasteiger partial charge in [0, 0.05) is 18.9 Å². The first kappa shape index (κ1) is 11.5. The van der Waals surface area contributed by atoms with Crippen LogP contribution in [0.25, 0.3) is 0 Å². The third kappa shape index (κ3) is 3.49. The Morgan fingerprint density at radius 1 is 0.882 bits per heavy atom. The van der Waals surface area contributed by atoms with Crippen LogP contribution in [0.1, 0.15) is 5.56 Å². The molecular weight excluding hydrogens is 206 g/mol. The maximum Gasteiger partial charge on any atom is 0.0403 e. The van der Waals surface area contributed by atoms with E-state index in [9.17, 15) is 0 Å². The molecule has 2 aromatic carbocycles. The van der Waals surface area contributed by atoms with Crippen LogP contribution in [0.5, 0.6) is 0 Å². The van der Waals surface area contributed by atoms with E-state index in [1.807, 2.05) is 12.1 Å². The zero-order valence-corrected chi connectivity index (χ0v) is 10.1. The Morgan fingerprint density at radius 3 is 2.12 bits per heavy atom. The third-order valence-corrected chi connectivity index (χ3v) is 2.69. The molecule has 2 aromatic rings. The third-order valence-electron chi connectivity index (χ3n) is 2.69. The summed E-state index contributed by atoms with van der Waals surface area (Å²) in [6, 6.07) is 20.8. The molecule has 0 amide bonds. The molecule has 17 heavy (non-hydrogen) atoms. The molecule has 0 unspecified atom stereocenters. The van der Waals surface area contributed by atoms with Crippen LogP contribution >= 0.6 is 0 Å². The van der Waals surface area contributed by atoms with Crippen LogP contribution in [-0.4, -0.2) is 7.05 Å². The van der Waals surface area contributed by atoms with Crippen LogP contribution in [0.2, 0.25) is 0 Å². The van der Waals surface area contributed by atoms with E-state index in [0.29, 0.717) is 0 Å². The Balaban J connectivity index is 1.93. The van der Waals surface area contributed by atoms with Gasteiger partial charge < -0.3 is 4.90 Å². The number of anilines is 1. The predicted molar refractivity (Wildman–Crippen MR) is 74.1 cm³/mol. The summed E-state index contributed by atoms with van der Waals surface area (Å²) in [7, 11) is 2.07. The van der Waals surface area contributed by atoms with Crippen molar-refractivity contribution in [2.75, 3.05) is 11.9 Å². The smallest absolute Gasteiger partial charge is 0.0403 e. The fourth-order valence-corrected chi connectivity index (χ4v) is 1.71. The molecule has 0 aliphatic carbocycles. The lowest BCUT2D eigenvalue weighted by molar-refractivity contribution is 1.17. The maximum atomic E-state index is 2.18. The summed E-state index contributed by atoms with van der Waals surface area (Å²) in [5.41, 5.74) is 2.54. The van der Waals surface area contributed by atoms with E-state index in [0.717, 1.165) is 6.42 Å². The molecule has 0 saturated carbocycles. The molecule has 0 heterocycles. The zero-order valence-electron chi connectivity index (χ0n) is 10.1. The molecule has 0 atom stereocenters. The summed E-state index contributed by atoms with van der Waals surface area (Å²) in [5, 5.41) is 0. The molecule has 0 fully saturated rings. The van der Waals surface area contributed by atoms with E-state index in [1.54, 1.807) is 0 Å². The van der Waals surface area contributed by atoms with Gasteiger partial charge in [-0.25, -0.2) is 0 Å². The molecule has 2 rings (SSSR count). The number of benzene rings is 2. The summed E-state index contributed by atoms with van der Waals surface area (Å²) in [6.45, 7) is 0. The van der Waals surface area contributed by atoms with Crippen molar-refractivity contribution in [2.24, 2.45) is 0 Å². The normalized spacial score (nSPS) is 10.6. The second kappa shape index (κ2) is 5.90. The highest BCUT2D eigenvalue weighted by Gasteiger charge is 1.93. The van der Waals surface area contributed by atoms with Crippen molar-refractivity contribution in [1.82, 2.24) is 0 Å². The number of nitrogens with zero attached hydrogens (tertiary/aromatic N) is 1. The van der Waals surface area contributed by atoms with Crippen LogP contribution in [0.3, 0.4) is 0 Å².